The minimum Gasteiger partial charge on any atom is -0.459 e. The van der Waals surface area contributed by atoms with Gasteiger partial charge in [-0.05, 0) is 55.7 Å². The summed E-state index contributed by atoms with van der Waals surface area (Å²) in [6.07, 6.45) is 3.08. The lowest BCUT2D eigenvalue weighted by Gasteiger charge is -2.29. The zero-order valence-electron chi connectivity index (χ0n) is 13.9. The van der Waals surface area contributed by atoms with Crippen LogP contribution in [0.2, 0.25) is 0 Å². The average Bonchev–Trinajstić information content (AvgIpc) is 3.15. The van der Waals surface area contributed by atoms with E-state index in [2.05, 4.69) is 10.6 Å². The first-order chi connectivity index (χ1) is 12.1. The van der Waals surface area contributed by atoms with Crippen LogP contribution in [0.5, 0.6) is 0 Å². The second kappa shape index (κ2) is 7.21. The lowest BCUT2D eigenvalue weighted by atomic mass is 10.0. The minimum atomic E-state index is -0.707. The van der Waals surface area contributed by atoms with Crippen LogP contribution in [0, 0.1) is 0 Å². The van der Waals surface area contributed by atoms with Crippen LogP contribution in [0.15, 0.2) is 41.0 Å². The van der Waals surface area contributed by atoms with E-state index < -0.39 is 11.8 Å². The fourth-order valence-corrected chi connectivity index (χ4v) is 2.85. The molecule has 0 fully saturated rings. The third-order valence-corrected chi connectivity index (χ3v) is 3.98. The van der Waals surface area contributed by atoms with E-state index >= 15 is 0 Å². The van der Waals surface area contributed by atoms with Crippen LogP contribution in [0.3, 0.4) is 0 Å². The fourth-order valence-electron chi connectivity index (χ4n) is 2.85. The van der Waals surface area contributed by atoms with Gasteiger partial charge in [-0.25, -0.2) is 0 Å². The van der Waals surface area contributed by atoms with Gasteiger partial charge in [-0.1, -0.05) is 0 Å². The number of hydrogen-bond acceptors (Lipinski definition) is 4. The first-order valence-corrected chi connectivity index (χ1v) is 8.17. The summed E-state index contributed by atoms with van der Waals surface area (Å²) in [6, 6.07) is 8.58. The summed E-state index contributed by atoms with van der Waals surface area (Å²) in [4.78, 5) is 37.6. The van der Waals surface area contributed by atoms with Crippen LogP contribution in [0.1, 0.15) is 29.5 Å². The molecule has 7 nitrogen and oxygen atoms in total. The highest BCUT2D eigenvalue weighted by molar-refractivity contribution is 6.39. The molecule has 25 heavy (non-hydrogen) atoms. The molecule has 1 aromatic carbocycles. The zero-order chi connectivity index (χ0) is 17.8. The highest BCUT2D eigenvalue weighted by atomic mass is 16.3. The van der Waals surface area contributed by atoms with Crippen LogP contribution < -0.4 is 15.5 Å². The Hall–Kier alpha value is -3.09. The summed E-state index contributed by atoms with van der Waals surface area (Å²) in [5.41, 5.74) is 2.27. The third kappa shape index (κ3) is 3.55. The van der Waals surface area contributed by atoms with Gasteiger partial charge in [0.05, 0.1) is 6.26 Å². The molecule has 0 aliphatic carbocycles. The average molecular weight is 341 g/mol. The maximum Gasteiger partial charge on any atom is 0.313 e. The molecule has 3 rings (SSSR count). The van der Waals surface area contributed by atoms with Gasteiger partial charge in [-0.3, -0.25) is 14.4 Å². The van der Waals surface area contributed by atoms with Crippen LogP contribution in [-0.4, -0.2) is 30.8 Å². The van der Waals surface area contributed by atoms with Crippen LogP contribution in [0.4, 0.5) is 11.4 Å². The number of carbonyl (C=O) groups is 3. The lowest BCUT2D eigenvalue weighted by molar-refractivity contribution is -0.136. The van der Waals surface area contributed by atoms with E-state index in [4.69, 9.17) is 4.42 Å². The third-order valence-electron chi connectivity index (χ3n) is 3.98. The predicted octanol–water partition coefficient (Wildman–Crippen LogP) is 1.95. The summed E-state index contributed by atoms with van der Waals surface area (Å²) < 4.78 is 5.20. The molecule has 0 saturated carbocycles. The van der Waals surface area contributed by atoms with Gasteiger partial charge in [0.1, 0.15) is 0 Å². The molecule has 130 valence electrons. The Balaban J connectivity index is 1.79. The number of nitrogens with zero attached hydrogens (tertiary/aromatic N) is 1. The summed E-state index contributed by atoms with van der Waals surface area (Å²) in [7, 11) is 0. The monoisotopic (exact) mass is 341 g/mol. The minimum absolute atomic E-state index is 0.190. The SMILES string of the molecule is CCNC(=O)C(=O)Nc1ccc2c(c1)CCCN2C(=O)c1ccco1. The Bertz CT molecular complexity index is 799. The topological polar surface area (TPSA) is 91.7 Å². The van der Waals surface area contributed by atoms with Gasteiger partial charge in [-0.2, -0.15) is 0 Å². The van der Waals surface area contributed by atoms with Crippen LogP contribution in [-0.2, 0) is 16.0 Å². The number of aryl methyl sites for hydroxylation is 1. The Kier molecular flexibility index (Phi) is 4.83. The maximum absolute atomic E-state index is 12.6. The molecule has 0 saturated heterocycles. The molecule has 3 amide bonds. The summed E-state index contributed by atoms with van der Waals surface area (Å²) in [5, 5.41) is 5.03. The molecule has 1 aliphatic rings. The molecule has 0 unspecified atom stereocenters. The number of fused-ring (bicyclic) bond motifs is 1. The molecule has 7 heteroatoms. The van der Waals surface area contributed by atoms with Crippen molar-refractivity contribution in [3.05, 3.63) is 47.9 Å². The smallest absolute Gasteiger partial charge is 0.313 e. The number of carbonyl (C=O) groups excluding carboxylic acids is 3. The van der Waals surface area contributed by atoms with E-state index in [1.165, 1.54) is 6.26 Å². The van der Waals surface area contributed by atoms with Gasteiger partial charge in [0.2, 0.25) is 0 Å². The summed E-state index contributed by atoms with van der Waals surface area (Å²) in [5.74, 6) is -1.28. The Labute approximate surface area is 145 Å². The van der Waals surface area contributed by atoms with E-state index in [0.717, 1.165) is 24.1 Å². The largest absolute Gasteiger partial charge is 0.459 e. The molecule has 2 N–H and O–H groups in total. The number of benzene rings is 1. The highest BCUT2D eigenvalue weighted by Gasteiger charge is 2.25. The van der Waals surface area contributed by atoms with Crippen molar-refractivity contribution in [2.24, 2.45) is 0 Å². The Morgan fingerprint density at radius 2 is 2.04 bits per heavy atom. The van der Waals surface area contributed by atoms with E-state index in [9.17, 15) is 14.4 Å². The number of nitrogens with one attached hydrogen (secondary N) is 2. The van der Waals surface area contributed by atoms with E-state index in [-0.39, 0.29) is 5.91 Å². The highest BCUT2D eigenvalue weighted by Crippen LogP contribution is 2.30. The van der Waals surface area contributed by atoms with Crippen molar-refractivity contribution < 1.29 is 18.8 Å². The number of furan rings is 1. The van der Waals surface area contributed by atoms with E-state index in [0.29, 0.717) is 24.5 Å². The second-order valence-corrected chi connectivity index (χ2v) is 5.69. The van der Waals surface area contributed by atoms with Crippen molar-refractivity contribution in [2.45, 2.75) is 19.8 Å². The van der Waals surface area contributed by atoms with Crippen molar-refractivity contribution in [3.8, 4) is 0 Å². The molecule has 0 atom stereocenters. The molecule has 0 spiro atoms. The van der Waals surface area contributed by atoms with Crippen molar-refractivity contribution in [2.75, 3.05) is 23.3 Å². The van der Waals surface area contributed by atoms with Crippen molar-refractivity contribution in [1.29, 1.82) is 0 Å². The van der Waals surface area contributed by atoms with Gasteiger partial charge in [-0.15, -0.1) is 0 Å². The maximum atomic E-state index is 12.6. The molecule has 2 heterocycles. The van der Waals surface area contributed by atoms with E-state index in [1.807, 2.05) is 0 Å². The standard InChI is InChI=1S/C18H19N3O4/c1-2-19-16(22)17(23)20-13-7-8-14-12(11-13)5-3-9-21(14)18(24)15-6-4-10-25-15/h4,6-8,10-11H,2-3,5,9H2,1H3,(H,19,22)(H,20,23). The second-order valence-electron chi connectivity index (χ2n) is 5.69. The zero-order valence-corrected chi connectivity index (χ0v) is 13.9. The number of anilines is 2. The normalized spacial score (nSPS) is 13.1. The molecule has 0 radical (unpaired) electrons. The number of likely N-dealkylation sites (N-methyl/N-ethyl adjacent to an activating group) is 1. The summed E-state index contributed by atoms with van der Waals surface area (Å²) >= 11 is 0. The molecule has 1 aliphatic heterocycles. The van der Waals surface area contributed by atoms with Gasteiger partial charge in [0.15, 0.2) is 5.76 Å². The van der Waals surface area contributed by atoms with Gasteiger partial charge >= 0.3 is 11.8 Å². The molecule has 2 aromatic rings. The quantitative estimate of drug-likeness (QED) is 0.835. The molecular weight excluding hydrogens is 322 g/mol. The summed E-state index contributed by atoms with van der Waals surface area (Å²) in [6.45, 7) is 2.74. The van der Waals surface area contributed by atoms with Gasteiger partial charge < -0.3 is 20.0 Å². The first kappa shape index (κ1) is 16.8. The van der Waals surface area contributed by atoms with Crippen LogP contribution >= 0.6 is 0 Å². The van der Waals surface area contributed by atoms with Crippen molar-refractivity contribution in [3.63, 3.8) is 0 Å². The Morgan fingerprint density at radius 3 is 2.76 bits per heavy atom. The first-order valence-electron chi connectivity index (χ1n) is 8.17. The number of hydrogen-bond donors (Lipinski definition) is 2. The molecular formula is C18H19N3O4. The van der Waals surface area contributed by atoms with Gasteiger partial charge in [0.25, 0.3) is 5.91 Å². The number of rotatable bonds is 3. The predicted molar refractivity (Wildman–Crippen MR) is 92.5 cm³/mol. The lowest BCUT2D eigenvalue weighted by Crippen LogP contribution is -2.36. The van der Waals surface area contributed by atoms with Gasteiger partial charge in [0, 0.05) is 24.5 Å². The Morgan fingerprint density at radius 1 is 1.20 bits per heavy atom. The fraction of sp³-hybridized carbons (Fsp3) is 0.278. The number of amides is 3. The van der Waals surface area contributed by atoms with Crippen molar-refractivity contribution >= 4 is 29.1 Å². The molecule has 1 aromatic heterocycles. The van der Waals surface area contributed by atoms with Crippen molar-refractivity contribution in [1.82, 2.24) is 5.32 Å². The molecule has 0 bridgehead atoms. The van der Waals surface area contributed by atoms with Crippen LogP contribution in [0.25, 0.3) is 0 Å². The van der Waals surface area contributed by atoms with E-state index in [1.54, 1.807) is 42.2 Å².